The van der Waals surface area contributed by atoms with Gasteiger partial charge in [-0.25, -0.2) is 9.67 Å². The molecule has 0 aromatic carbocycles. The van der Waals surface area contributed by atoms with Gasteiger partial charge in [-0.15, -0.1) is 0 Å². The summed E-state index contributed by atoms with van der Waals surface area (Å²) >= 11 is 0. The second-order valence-electron chi connectivity index (χ2n) is 3.23. The van der Waals surface area contributed by atoms with Crippen molar-refractivity contribution in [3.63, 3.8) is 0 Å². The zero-order valence-corrected chi connectivity index (χ0v) is 8.58. The Morgan fingerprint density at radius 1 is 1.57 bits per heavy atom. The van der Waals surface area contributed by atoms with Crippen molar-refractivity contribution in [2.24, 2.45) is 0 Å². The smallest absolute Gasteiger partial charge is 0.181 e. The lowest BCUT2D eigenvalue weighted by atomic mass is 10.2. The molecule has 0 saturated carbocycles. The molecular weight excluding hydrogens is 180 g/mol. The molecule has 5 nitrogen and oxygen atoms in total. The predicted molar refractivity (Wildman–Crippen MR) is 52.6 cm³/mol. The molecule has 1 rings (SSSR count). The molecule has 0 radical (unpaired) electrons. The molecule has 0 N–H and O–H groups in total. The number of aromatic nitrogens is 3. The predicted octanol–water partition coefficient (Wildman–Crippen LogP) is 0.484. The number of carbonyl (C=O) groups is 1. The van der Waals surface area contributed by atoms with Crippen LogP contribution in [0.1, 0.15) is 13.0 Å². The van der Waals surface area contributed by atoms with E-state index in [9.17, 15) is 4.79 Å². The second kappa shape index (κ2) is 4.55. The summed E-state index contributed by atoms with van der Waals surface area (Å²) in [6.07, 6.45) is 6.20. The summed E-state index contributed by atoms with van der Waals surface area (Å²) in [5, 5.41) is 3.90. The normalized spacial score (nSPS) is 13.1. The Morgan fingerprint density at radius 3 is 2.79 bits per heavy atom. The Bertz CT molecular complexity index is 316. The maximum absolute atomic E-state index is 11.5. The molecule has 0 bridgehead atoms. The lowest BCUT2D eigenvalue weighted by Gasteiger charge is -2.08. The lowest BCUT2D eigenvalue weighted by Crippen LogP contribution is -2.15. The molecule has 0 aliphatic rings. The zero-order valence-electron chi connectivity index (χ0n) is 8.58. The van der Waals surface area contributed by atoms with Crippen LogP contribution in [0.3, 0.4) is 0 Å². The number of hydrogen-bond donors (Lipinski definition) is 0. The Balaban J connectivity index is 2.62. The molecule has 0 amide bonds. The first-order chi connectivity index (χ1) is 6.61. The largest absolute Gasteiger partial charge is 0.383 e. The van der Waals surface area contributed by atoms with Crippen LogP contribution < -0.4 is 0 Å². The van der Waals surface area contributed by atoms with Crippen molar-refractivity contribution in [1.82, 2.24) is 19.7 Å². The van der Waals surface area contributed by atoms with E-state index in [1.165, 1.54) is 23.4 Å². The van der Waals surface area contributed by atoms with Crippen molar-refractivity contribution in [1.29, 1.82) is 0 Å². The van der Waals surface area contributed by atoms with Crippen LogP contribution in [-0.4, -0.2) is 39.5 Å². The fourth-order valence-corrected chi connectivity index (χ4v) is 0.910. The molecule has 0 spiro atoms. The van der Waals surface area contributed by atoms with Crippen LogP contribution in [0.4, 0.5) is 0 Å². The van der Waals surface area contributed by atoms with Gasteiger partial charge in [0.1, 0.15) is 18.7 Å². The van der Waals surface area contributed by atoms with Gasteiger partial charge in [-0.1, -0.05) is 0 Å². The van der Waals surface area contributed by atoms with Gasteiger partial charge in [-0.05, 0) is 13.0 Å². The Labute approximate surface area is 83.0 Å². The Kier molecular flexibility index (Phi) is 3.39. The summed E-state index contributed by atoms with van der Waals surface area (Å²) in [5.41, 5.74) is 0. The summed E-state index contributed by atoms with van der Waals surface area (Å²) in [5.74, 6) is 0.00389. The van der Waals surface area contributed by atoms with E-state index in [4.69, 9.17) is 0 Å². The van der Waals surface area contributed by atoms with Gasteiger partial charge in [0.05, 0.1) is 0 Å². The Hall–Kier alpha value is -1.65. The quantitative estimate of drug-likeness (QED) is 0.654. The van der Waals surface area contributed by atoms with Gasteiger partial charge in [0.15, 0.2) is 5.78 Å². The highest BCUT2D eigenvalue weighted by atomic mass is 16.1. The number of hydrogen-bond acceptors (Lipinski definition) is 4. The Morgan fingerprint density at radius 2 is 2.29 bits per heavy atom. The van der Waals surface area contributed by atoms with Gasteiger partial charge in [-0.2, -0.15) is 5.10 Å². The van der Waals surface area contributed by atoms with E-state index < -0.39 is 0 Å². The van der Waals surface area contributed by atoms with Crippen LogP contribution in [0.25, 0.3) is 0 Å². The maximum atomic E-state index is 11.5. The lowest BCUT2D eigenvalue weighted by molar-refractivity contribution is -0.117. The minimum absolute atomic E-state index is 0.00389. The maximum Gasteiger partial charge on any atom is 0.181 e. The van der Waals surface area contributed by atoms with E-state index in [0.29, 0.717) is 0 Å². The van der Waals surface area contributed by atoms with Crippen LogP contribution in [0, 0.1) is 0 Å². The second-order valence-corrected chi connectivity index (χ2v) is 3.23. The fourth-order valence-electron chi connectivity index (χ4n) is 0.910. The van der Waals surface area contributed by atoms with Gasteiger partial charge in [0, 0.05) is 20.3 Å². The van der Waals surface area contributed by atoms with Crippen molar-refractivity contribution < 1.29 is 4.79 Å². The molecule has 1 aromatic heterocycles. The highest BCUT2D eigenvalue weighted by Crippen LogP contribution is 2.04. The summed E-state index contributed by atoms with van der Waals surface area (Å²) in [7, 11) is 3.73. The zero-order chi connectivity index (χ0) is 10.6. The monoisotopic (exact) mass is 194 g/mol. The minimum atomic E-state index is -0.298. The number of nitrogens with zero attached hydrogens (tertiary/aromatic N) is 4. The van der Waals surface area contributed by atoms with Gasteiger partial charge >= 0.3 is 0 Å². The average Bonchev–Trinajstić information content (AvgIpc) is 2.65. The van der Waals surface area contributed by atoms with E-state index in [1.54, 1.807) is 13.1 Å². The number of allylic oxidation sites excluding steroid dienone is 1. The molecule has 0 fully saturated rings. The number of carbonyl (C=O) groups excluding carboxylic acids is 1. The van der Waals surface area contributed by atoms with Gasteiger partial charge in [-0.3, -0.25) is 4.79 Å². The van der Waals surface area contributed by atoms with E-state index in [0.717, 1.165) is 0 Å². The van der Waals surface area contributed by atoms with Crippen molar-refractivity contribution in [3.05, 3.63) is 24.9 Å². The van der Waals surface area contributed by atoms with E-state index in [1.807, 2.05) is 19.0 Å². The first kappa shape index (κ1) is 10.4. The third kappa shape index (κ3) is 2.69. The highest BCUT2D eigenvalue weighted by Gasteiger charge is 2.11. The molecule has 5 heteroatoms. The number of rotatable bonds is 4. The third-order valence-electron chi connectivity index (χ3n) is 1.78. The first-order valence-electron chi connectivity index (χ1n) is 4.34. The van der Waals surface area contributed by atoms with E-state index >= 15 is 0 Å². The molecule has 0 aliphatic carbocycles. The standard InChI is InChI=1S/C9H14N4O/c1-8(13-7-10-6-11-13)9(14)4-5-12(2)3/h4-8H,1-3H3/b5-4+/t8-/m0/s1. The van der Waals surface area contributed by atoms with Crippen LogP contribution in [0.5, 0.6) is 0 Å². The minimum Gasteiger partial charge on any atom is -0.383 e. The molecule has 0 unspecified atom stereocenters. The van der Waals surface area contributed by atoms with Gasteiger partial charge < -0.3 is 4.90 Å². The molecule has 0 saturated heterocycles. The SMILES string of the molecule is C[C@@H](C(=O)/C=C/N(C)C)n1cncn1. The van der Waals surface area contributed by atoms with Gasteiger partial charge in [0.2, 0.25) is 0 Å². The highest BCUT2D eigenvalue weighted by molar-refractivity contribution is 5.92. The van der Waals surface area contributed by atoms with Crippen LogP contribution in [0.2, 0.25) is 0 Å². The topological polar surface area (TPSA) is 51.0 Å². The van der Waals surface area contributed by atoms with E-state index in [2.05, 4.69) is 10.1 Å². The molecule has 76 valence electrons. The van der Waals surface area contributed by atoms with Crippen molar-refractivity contribution in [2.45, 2.75) is 13.0 Å². The van der Waals surface area contributed by atoms with Crippen molar-refractivity contribution >= 4 is 5.78 Å². The summed E-state index contributed by atoms with van der Waals surface area (Å²) < 4.78 is 1.53. The van der Waals surface area contributed by atoms with Crippen LogP contribution in [-0.2, 0) is 4.79 Å². The molecule has 1 heterocycles. The van der Waals surface area contributed by atoms with Crippen LogP contribution >= 0.6 is 0 Å². The van der Waals surface area contributed by atoms with Crippen molar-refractivity contribution in [3.8, 4) is 0 Å². The van der Waals surface area contributed by atoms with Crippen LogP contribution in [0.15, 0.2) is 24.9 Å². The first-order valence-corrected chi connectivity index (χ1v) is 4.34. The molecule has 0 aliphatic heterocycles. The molecule has 1 atom stereocenters. The molecule has 14 heavy (non-hydrogen) atoms. The fraction of sp³-hybridized carbons (Fsp3) is 0.444. The third-order valence-corrected chi connectivity index (χ3v) is 1.78. The van der Waals surface area contributed by atoms with Crippen molar-refractivity contribution in [2.75, 3.05) is 14.1 Å². The summed E-state index contributed by atoms with van der Waals surface area (Å²) in [4.78, 5) is 17.1. The number of ketones is 1. The molecular formula is C9H14N4O. The van der Waals surface area contributed by atoms with E-state index in [-0.39, 0.29) is 11.8 Å². The summed E-state index contributed by atoms with van der Waals surface area (Å²) in [6.45, 7) is 1.79. The molecule has 1 aromatic rings. The van der Waals surface area contributed by atoms with Gasteiger partial charge in [0.25, 0.3) is 0 Å². The summed E-state index contributed by atoms with van der Waals surface area (Å²) in [6, 6.07) is -0.298. The average molecular weight is 194 g/mol.